The average Bonchev–Trinajstić information content (AvgIpc) is 2.73. The second kappa shape index (κ2) is 9.23. The first-order valence-corrected chi connectivity index (χ1v) is 8.63. The molecule has 0 spiro atoms. The summed E-state index contributed by atoms with van der Waals surface area (Å²) in [5.41, 5.74) is 2.09. The Balaban J connectivity index is 1.64. The molecule has 1 heterocycles. The molecule has 0 unspecified atom stereocenters. The number of rotatable bonds is 6. The number of nitrogens with zero attached hydrogens (tertiary/aromatic N) is 1. The molecule has 2 N–H and O–H groups in total. The molecule has 28 heavy (non-hydrogen) atoms. The molecule has 0 saturated carbocycles. The second-order valence-corrected chi connectivity index (χ2v) is 5.93. The molecule has 0 bridgehead atoms. The number of nitrogens with one attached hydrogen (secondary N) is 2. The van der Waals surface area contributed by atoms with E-state index < -0.39 is 11.7 Å². The van der Waals surface area contributed by atoms with Crippen molar-refractivity contribution in [2.75, 3.05) is 5.32 Å². The standard InChI is InChI=1S/C22H18FN3O2/c23-19-9-3-1-6-16(19)11-12-21(27)26-20-10-4-2-7-17(20)15-25-22(28)18-8-5-13-24-14-18/h1-14H,15H2,(H,25,28)(H,26,27)/b12-11+. The van der Waals surface area contributed by atoms with Gasteiger partial charge >= 0.3 is 0 Å². The third kappa shape index (κ3) is 5.11. The van der Waals surface area contributed by atoms with Gasteiger partial charge in [0, 0.05) is 36.3 Å². The van der Waals surface area contributed by atoms with Crippen LogP contribution in [0.25, 0.3) is 6.08 Å². The molecule has 2 aromatic carbocycles. The lowest BCUT2D eigenvalue weighted by Crippen LogP contribution is -2.23. The SMILES string of the molecule is O=C(/C=C/c1ccccc1F)Nc1ccccc1CNC(=O)c1cccnc1. The van der Waals surface area contributed by atoms with Crippen LogP contribution in [-0.4, -0.2) is 16.8 Å². The molecular weight excluding hydrogens is 357 g/mol. The lowest BCUT2D eigenvalue weighted by molar-refractivity contribution is -0.111. The number of pyridine rings is 1. The molecule has 1 aromatic heterocycles. The van der Waals surface area contributed by atoms with Crippen LogP contribution in [-0.2, 0) is 11.3 Å². The van der Waals surface area contributed by atoms with Crippen LogP contribution in [0.1, 0.15) is 21.5 Å². The minimum absolute atomic E-state index is 0.237. The molecule has 0 aliphatic carbocycles. The van der Waals surface area contributed by atoms with Gasteiger partial charge in [-0.25, -0.2) is 4.39 Å². The van der Waals surface area contributed by atoms with E-state index in [1.807, 2.05) is 6.07 Å². The predicted octanol–water partition coefficient (Wildman–Crippen LogP) is 3.80. The van der Waals surface area contributed by atoms with E-state index in [-0.39, 0.29) is 12.5 Å². The van der Waals surface area contributed by atoms with E-state index in [1.54, 1.807) is 54.7 Å². The fourth-order valence-electron chi connectivity index (χ4n) is 2.52. The number of carbonyl (C=O) groups excluding carboxylic acids is 2. The molecule has 5 nitrogen and oxygen atoms in total. The summed E-state index contributed by atoms with van der Waals surface area (Å²) in [6, 6.07) is 16.7. The smallest absolute Gasteiger partial charge is 0.253 e. The molecule has 0 fully saturated rings. The number of para-hydroxylation sites is 1. The molecule has 0 atom stereocenters. The third-order valence-electron chi connectivity index (χ3n) is 3.96. The summed E-state index contributed by atoms with van der Waals surface area (Å²) in [6.45, 7) is 0.237. The number of benzene rings is 2. The highest BCUT2D eigenvalue weighted by molar-refractivity contribution is 6.02. The highest BCUT2D eigenvalue weighted by Gasteiger charge is 2.08. The molecule has 0 radical (unpaired) electrons. The van der Waals surface area contributed by atoms with Crippen molar-refractivity contribution in [1.29, 1.82) is 0 Å². The van der Waals surface area contributed by atoms with Crippen LogP contribution in [0.15, 0.2) is 79.1 Å². The minimum atomic E-state index is -0.398. The number of halogens is 1. The minimum Gasteiger partial charge on any atom is -0.348 e. The van der Waals surface area contributed by atoms with Gasteiger partial charge in [0.2, 0.25) is 5.91 Å². The largest absolute Gasteiger partial charge is 0.348 e. The third-order valence-corrected chi connectivity index (χ3v) is 3.96. The summed E-state index contributed by atoms with van der Waals surface area (Å²) in [5, 5.41) is 5.55. The Bertz CT molecular complexity index is 1000. The molecule has 3 aromatic rings. The Labute approximate surface area is 161 Å². The van der Waals surface area contributed by atoms with Gasteiger partial charge in [0.15, 0.2) is 0 Å². The first kappa shape index (κ1) is 19.0. The zero-order valence-corrected chi connectivity index (χ0v) is 14.9. The fraction of sp³-hybridized carbons (Fsp3) is 0.0455. The number of anilines is 1. The lowest BCUT2D eigenvalue weighted by Gasteiger charge is -2.11. The first-order chi connectivity index (χ1) is 13.6. The number of aromatic nitrogens is 1. The number of carbonyl (C=O) groups is 2. The zero-order chi connectivity index (χ0) is 19.8. The van der Waals surface area contributed by atoms with E-state index in [0.29, 0.717) is 16.8 Å². The Morgan fingerprint density at radius 3 is 2.57 bits per heavy atom. The molecular formula is C22H18FN3O2. The van der Waals surface area contributed by atoms with Crippen LogP contribution >= 0.6 is 0 Å². The normalized spacial score (nSPS) is 10.6. The van der Waals surface area contributed by atoms with Gasteiger partial charge in [-0.05, 0) is 35.9 Å². The topological polar surface area (TPSA) is 71.1 Å². The fourth-order valence-corrected chi connectivity index (χ4v) is 2.52. The zero-order valence-electron chi connectivity index (χ0n) is 14.9. The maximum atomic E-state index is 13.6. The van der Waals surface area contributed by atoms with Gasteiger partial charge in [0.25, 0.3) is 5.91 Å². The maximum absolute atomic E-state index is 13.6. The molecule has 6 heteroatoms. The summed E-state index contributed by atoms with van der Waals surface area (Å²) in [7, 11) is 0. The van der Waals surface area contributed by atoms with Gasteiger partial charge in [-0.2, -0.15) is 0 Å². The van der Waals surface area contributed by atoms with Crippen molar-refractivity contribution in [2.45, 2.75) is 6.54 Å². The van der Waals surface area contributed by atoms with E-state index in [4.69, 9.17) is 0 Å². The Hall–Kier alpha value is -3.80. The molecule has 0 aliphatic rings. The molecule has 2 amide bonds. The van der Waals surface area contributed by atoms with Crippen LogP contribution in [0.2, 0.25) is 0 Å². The molecule has 0 saturated heterocycles. The van der Waals surface area contributed by atoms with Crippen LogP contribution < -0.4 is 10.6 Å². The van der Waals surface area contributed by atoms with Crippen molar-refractivity contribution in [2.24, 2.45) is 0 Å². The lowest BCUT2D eigenvalue weighted by atomic mass is 10.1. The highest BCUT2D eigenvalue weighted by Crippen LogP contribution is 2.15. The van der Waals surface area contributed by atoms with Crippen molar-refractivity contribution in [3.05, 3.63) is 102 Å². The van der Waals surface area contributed by atoms with Crippen LogP contribution in [0.3, 0.4) is 0 Å². The molecule has 3 rings (SSSR count). The number of hydrogen-bond donors (Lipinski definition) is 2. The van der Waals surface area contributed by atoms with E-state index in [0.717, 1.165) is 5.56 Å². The van der Waals surface area contributed by atoms with Gasteiger partial charge in [-0.1, -0.05) is 36.4 Å². The Morgan fingerprint density at radius 1 is 1.00 bits per heavy atom. The monoisotopic (exact) mass is 375 g/mol. The van der Waals surface area contributed by atoms with Crippen molar-refractivity contribution in [3.8, 4) is 0 Å². The number of amides is 2. The molecule has 140 valence electrons. The summed E-state index contributed by atoms with van der Waals surface area (Å²) in [5.74, 6) is -1.05. The van der Waals surface area contributed by atoms with Gasteiger partial charge in [0.1, 0.15) is 5.82 Å². The summed E-state index contributed by atoms with van der Waals surface area (Å²) in [4.78, 5) is 28.3. The molecule has 0 aliphatic heterocycles. The van der Waals surface area contributed by atoms with Crippen molar-refractivity contribution < 1.29 is 14.0 Å². The van der Waals surface area contributed by atoms with Gasteiger partial charge in [-0.15, -0.1) is 0 Å². The maximum Gasteiger partial charge on any atom is 0.253 e. The summed E-state index contributed by atoms with van der Waals surface area (Å²) >= 11 is 0. The van der Waals surface area contributed by atoms with E-state index >= 15 is 0 Å². The summed E-state index contributed by atoms with van der Waals surface area (Å²) < 4.78 is 13.6. The van der Waals surface area contributed by atoms with Gasteiger partial charge in [0.05, 0.1) is 5.56 Å². The average molecular weight is 375 g/mol. The Kier molecular flexibility index (Phi) is 6.25. The van der Waals surface area contributed by atoms with E-state index in [9.17, 15) is 14.0 Å². The predicted molar refractivity (Wildman–Crippen MR) is 106 cm³/mol. The van der Waals surface area contributed by atoms with Gasteiger partial charge in [-0.3, -0.25) is 14.6 Å². The van der Waals surface area contributed by atoms with Crippen LogP contribution in [0.5, 0.6) is 0 Å². The van der Waals surface area contributed by atoms with Crippen molar-refractivity contribution in [3.63, 3.8) is 0 Å². The van der Waals surface area contributed by atoms with E-state index in [1.165, 1.54) is 24.4 Å². The first-order valence-electron chi connectivity index (χ1n) is 8.63. The van der Waals surface area contributed by atoms with Crippen LogP contribution in [0, 0.1) is 5.82 Å². The summed E-state index contributed by atoms with van der Waals surface area (Å²) in [6.07, 6.45) is 5.76. The van der Waals surface area contributed by atoms with Gasteiger partial charge < -0.3 is 10.6 Å². The number of hydrogen-bond acceptors (Lipinski definition) is 3. The van der Waals surface area contributed by atoms with Crippen LogP contribution in [0.4, 0.5) is 10.1 Å². The Morgan fingerprint density at radius 2 is 1.79 bits per heavy atom. The van der Waals surface area contributed by atoms with E-state index in [2.05, 4.69) is 15.6 Å². The van der Waals surface area contributed by atoms with Crippen molar-refractivity contribution in [1.82, 2.24) is 10.3 Å². The second-order valence-electron chi connectivity index (χ2n) is 5.93. The quantitative estimate of drug-likeness (QED) is 0.644. The highest BCUT2D eigenvalue weighted by atomic mass is 19.1. The van der Waals surface area contributed by atoms with Crippen molar-refractivity contribution >= 4 is 23.6 Å².